The standard InChI is InChI=1S/C19H28N4O4/c1-21-9-7-19(8-10-21)17(24)23(18(25)20-19)13-22(2)12-14-5-6-15(26-3)16(11-14)27-4/h5-6,11H,7-10,12-13H2,1-4H3,(H,20,25)/p+2. The molecule has 1 unspecified atom stereocenters. The molecule has 3 rings (SSSR count). The van der Waals surface area contributed by atoms with Crippen molar-refractivity contribution in [3.05, 3.63) is 23.8 Å². The van der Waals surface area contributed by atoms with Gasteiger partial charge >= 0.3 is 6.03 Å². The number of ether oxygens (including phenoxy) is 2. The highest BCUT2D eigenvalue weighted by atomic mass is 16.5. The summed E-state index contributed by atoms with van der Waals surface area (Å²) in [6.07, 6.45) is 1.41. The molecule has 2 heterocycles. The number of quaternary nitrogens is 2. The van der Waals surface area contributed by atoms with Crippen molar-refractivity contribution < 1.29 is 28.9 Å². The maximum absolute atomic E-state index is 13.0. The summed E-state index contributed by atoms with van der Waals surface area (Å²) < 4.78 is 10.6. The molecule has 1 aromatic rings. The van der Waals surface area contributed by atoms with Crippen molar-refractivity contribution in [2.45, 2.75) is 24.9 Å². The number of hydrogen-bond donors (Lipinski definition) is 3. The molecule has 8 heteroatoms. The number of hydrogen-bond acceptors (Lipinski definition) is 4. The number of imide groups is 1. The molecule has 148 valence electrons. The third kappa shape index (κ3) is 3.86. The van der Waals surface area contributed by atoms with E-state index in [9.17, 15) is 9.59 Å². The van der Waals surface area contributed by atoms with Crippen molar-refractivity contribution >= 4 is 11.9 Å². The number of benzene rings is 1. The van der Waals surface area contributed by atoms with Gasteiger partial charge in [-0.05, 0) is 18.2 Å². The first-order chi connectivity index (χ1) is 12.9. The van der Waals surface area contributed by atoms with E-state index in [1.807, 2.05) is 25.2 Å². The second-order valence-electron chi connectivity index (χ2n) is 7.68. The van der Waals surface area contributed by atoms with Crippen LogP contribution >= 0.6 is 0 Å². The number of carbonyl (C=O) groups is 2. The topological polar surface area (TPSA) is 76.8 Å². The molecular formula is C19H30N4O4+2. The molecule has 3 amide bonds. The van der Waals surface area contributed by atoms with Crippen LogP contribution in [0.25, 0.3) is 0 Å². The van der Waals surface area contributed by atoms with Crippen LogP contribution in [0.2, 0.25) is 0 Å². The largest absolute Gasteiger partial charge is 0.493 e. The Labute approximate surface area is 160 Å². The lowest BCUT2D eigenvalue weighted by Gasteiger charge is -2.33. The van der Waals surface area contributed by atoms with Crippen molar-refractivity contribution in [1.29, 1.82) is 0 Å². The molecule has 8 nitrogen and oxygen atoms in total. The molecule has 2 aliphatic heterocycles. The van der Waals surface area contributed by atoms with E-state index in [2.05, 4.69) is 12.4 Å². The minimum absolute atomic E-state index is 0.0772. The van der Waals surface area contributed by atoms with Crippen LogP contribution in [-0.2, 0) is 11.3 Å². The van der Waals surface area contributed by atoms with Crippen LogP contribution < -0.4 is 24.6 Å². The van der Waals surface area contributed by atoms with E-state index in [1.54, 1.807) is 14.2 Å². The van der Waals surface area contributed by atoms with Gasteiger partial charge in [0.25, 0.3) is 5.91 Å². The summed E-state index contributed by atoms with van der Waals surface area (Å²) >= 11 is 0. The summed E-state index contributed by atoms with van der Waals surface area (Å²) in [6, 6.07) is 5.49. The maximum atomic E-state index is 13.0. The maximum Gasteiger partial charge on any atom is 0.329 e. The second kappa shape index (κ2) is 7.74. The molecular weight excluding hydrogens is 348 g/mol. The Bertz CT molecular complexity index is 716. The molecule has 0 aromatic heterocycles. The van der Waals surface area contributed by atoms with E-state index >= 15 is 0 Å². The molecule has 0 radical (unpaired) electrons. The molecule has 2 aliphatic rings. The third-order valence-corrected chi connectivity index (χ3v) is 5.58. The summed E-state index contributed by atoms with van der Waals surface area (Å²) in [4.78, 5) is 29.2. The lowest BCUT2D eigenvalue weighted by Crippen LogP contribution is -3.11. The third-order valence-electron chi connectivity index (χ3n) is 5.58. The fourth-order valence-corrected chi connectivity index (χ4v) is 3.93. The number of rotatable bonds is 6. The second-order valence-corrected chi connectivity index (χ2v) is 7.68. The van der Waals surface area contributed by atoms with E-state index in [4.69, 9.17) is 9.47 Å². The Balaban J connectivity index is 1.65. The highest BCUT2D eigenvalue weighted by Gasteiger charge is 2.53. The Morgan fingerprint density at radius 2 is 1.85 bits per heavy atom. The highest BCUT2D eigenvalue weighted by Crippen LogP contribution is 2.27. The van der Waals surface area contributed by atoms with Gasteiger partial charge in [0.2, 0.25) is 0 Å². The van der Waals surface area contributed by atoms with Gasteiger partial charge in [-0.25, -0.2) is 9.69 Å². The minimum atomic E-state index is -0.694. The summed E-state index contributed by atoms with van der Waals surface area (Å²) in [5, 5.41) is 2.97. The molecule has 27 heavy (non-hydrogen) atoms. The average molecular weight is 378 g/mol. The predicted molar refractivity (Wildman–Crippen MR) is 99.0 cm³/mol. The van der Waals surface area contributed by atoms with Gasteiger partial charge in [-0.1, -0.05) is 0 Å². The molecule has 2 fully saturated rings. The Morgan fingerprint density at radius 3 is 2.48 bits per heavy atom. The van der Waals surface area contributed by atoms with Crippen molar-refractivity contribution in [3.63, 3.8) is 0 Å². The van der Waals surface area contributed by atoms with Crippen LogP contribution in [0.5, 0.6) is 11.5 Å². The van der Waals surface area contributed by atoms with Crippen LogP contribution in [0.4, 0.5) is 4.79 Å². The summed E-state index contributed by atoms with van der Waals surface area (Å²) in [5.41, 5.74) is 0.357. The molecule has 3 N–H and O–H groups in total. The number of amides is 3. The number of methoxy groups -OCH3 is 2. The Kier molecular flexibility index (Phi) is 5.57. The van der Waals surface area contributed by atoms with Gasteiger partial charge in [0.15, 0.2) is 18.2 Å². The van der Waals surface area contributed by atoms with E-state index in [0.717, 1.165) is 23.6 Å². The average Bonchev–Trinajstić information content (AvgIpc) is 2.88. The lowest BCUT2D eigenvalue weighted by atomic mass is 9.88. The predicted octanol–water partition coefficient (Wildman–Crippen LogP) is -1.72. The highest BCUT2D eigenvalue weighted by molar-refractivity contribution is 6.06. The van der Waals surface area contributed by atoms with Gasteiger partial charge in [0.05, 0.1) is 41.4 Å². The van der Waals surface area contributed by atoms with Crippen molar-refractivity contribution in [3.8, 4) is 11.5 Å². The van der Waals surface area contributed by atoms with Gasteiger partial charge in [-0.3, -0.25) is 4.79 Å². The zero-order valence-electron chi connectivity index (χ0n) is 16.6. The van der Waals surface area contributed by atoms with Gasteiger partial charge in [0, 0.05) is 18.4 Å². The van der Waals surface area contributed by atoms with E-state index in [0.29, 0.717) is 37.6 Å². The number of nitrogens with zero attached hydrogens (tertiary/aromatic N) is 1. The number of likely N-dealkylation sites (tertiary alicyclic amines) is 1. The van der Waals surface area contributed by atoms with Crippen molar-refractivity contribution in [1.82, 2.24) is 10.2 Å². The number of urea groups is 1. The minimum Gasteiger partial charge on any atom is -0.493 e. The van der Waals surface area contributed by atoms with E-state index in [-0.39, 0.29) is 11.9 Å². The van der Waals surface area contributed by atoms with Crippen LogP contribution in [0.1, 0.15) is 18.4 Å². The monoisotopic (exact) mass is 378 g/mol. The van der Waals surface area contributed by atoms with Crippen molar-refractivity contribution in [2.75, 3.05) is 48.1 Å². The lowest BCUT2D eigenvalue weighted by molar-refractivity contribution is -0.901. The fourth-order valence-electron chi connectivity index (χ4n) is 3.93. The molecule has 2 saturated heterocycles. The first kappa shape index (κ1) is 19.4. The first-order valence-corrected chi connectivity index (χ1v) is 9.36. The van der Waals surface area contributed by atoms with Crippen LogP contribution in [0.3, 0.4) is 0 Å². The van der Waals surface area contributed by atoms with Gasteiger partial charge in [-0.15, -0.1) is 0 Å². The summed E-state index contributed by atoms with van der Waals surface area (Å²) in [6.45, 7) is 2.79. The zero-order valence-corrected chi connectivity index (χ0v) is 16.6. The fraction of sp³-hybridized carbons (Fsp3) is 0.579. The Hall–Kier alpha value is -2.32. The Morgan fingerprint density at radius 1 is 1.19 bits per heavy atom. The zero-order chi connectivity index (χ0) is 19.6. The van der Waals surface area contributed by atoms with Crippen LogP contribution in [-0.4, -0.2) is 70.5 Å². The molecule has 1 spiro atoms. The van der Waals surface area contributed by atoms with Gasteiger partial charge in [0.1, 0.15) is 12.1 Å². The number of carbonyl (C=O) groups excluding carboxylic acids is 2. The SMILES string of the molecule is COc1ccc(C[NH+](C)CN2C(=O)NC3(CC[NH+](C)CC3)C2=O)cc1OC. The summed E-state index contributed by atoms with van der Waals surface area (Å²) in [5.74, 6) is 1.27. The van der Waals surface area contributed by atoms with Crippen LogP contribution in [0.15, 0.2) is 18.2 Å². The summed E-state index contributed by atoms with van der Waals surface area (Å²) in [7, 11) is 7.30. The molecule has 0 aliphatic carbocycles. The smallest absolute Gasteiger partial charge is 0.329 e. The van der Waals surface area contributed by atoms with E-state index < -0.39 is 5.54 Å². The van der Waals surface area contributed by atoms with E-state index in [1.165, 1.54) is 9.80 Å². The van der Waals surface area contributed by atoms with Crippen molar-refractivity contribution in [2.24, 2.45) is 0 Å². The first-order valence-electron chi connectivity index (χ1n) is 9.36. The number of nitrogens with one attached hydrogen (secondary N) is 3. The molecule has 1 atom stereocenters. The van der Waals surface area contributed by atoms with Gasteiger partial charge < -0.3 is 24.6 Å². The number of piperidine rings is 1. The van der Waals surface area contributed by atoms with Gasteiger partial charge in [-0.2, -0.15) is 0 Å². The molecule has 0 saturated carbocycles. The normalized spacial score (nSPS) is 26.2. The molecule has 0 bridgehead atoms. The molecule has 1 aromatic carbocycles. The van der Waals surface area contributed by atoms with Crippen LogP contribution in [0, 0.1) is 0 Å². The quantitative estimate of drug-likeness (QED) is 0.515.